The SMILES string of the molecule is OC(Cc1cc(Br)cs1)c1cc(Cl)sc1Cl. The van der Waals surface area contributed by atoms with Crippen LogP contribution in [0.15, 0.2) is 22.0 Å². The zero-order chi connectivity index (χ0) is 11.7. The average molecular weight is 358 g/mol. The minimum Gasteiger partial charge on any atom is -0.388 e. The number of thiophene rings is 2. The molecule has 0 aliphatic rings. The molecule has 0 amide bonds. The molecule has 0 spiro atoms. The highest BCUT2D eigenvalue weighted by Crippen LogP contribution is 2.36. The van der Waals surface area contributed by atoms with Gasteiger partial charge in [-0.3, -0.25) is 0 Å². The number of aliphatic hydroxyl groups is 1. The van der Waals surface area contributed by atoms with Gasteiger partial charge in [0.05, 0.1) is 10.4 Å². The molecular weight excluding hydrogens is 351 g/mol. The van der Waals surface area contributed by atoms with Crippen molar-refractivity contribution < 1.29 is 5.11 Å². The summed E-state index contributed by atoms with van der Waals surface area (Å²) in [6.45, 7) is 0. The van der Waals surface area contributed by atoms with Gasteiger partial charge in [-0.05, 0) is 28.1 Å². The van der Waals surface area contributed by atoms with E-state index in [1.54, 1.807) is 17.4 Å². The Morgan fingerprint density at radius 1 is 1.38 bits per heavy atom. The van der Waals surface area contributed by atoms with E-state index in [1.165, 1.54) is 11.3 Å². The van der Waals surface area contributed by atoms with Crippen LogP contribution in [0, 0.1) is 0 Å². The Kier molecular flexibility index (Phi) is 4.32. The lowest BCUT2D eigenvalue weighted by atomic mass is 10.1. The van der Waals surface area contributed by atoms with E-state index in [1.807, 2.05) is 11.4 Å². The highest BCUT2D eigenvalue weighted by molar-refractivity contribution is 9.10. The topological polar surface area (TPSA) is 20.2 Å². The van der Waals surface area contributed by atoms with Crippen LogP contribution in [0.3, 0.4) is 0 Å². The molecule has 0 saturated heterocycles. The van der Waals surface area contributed by atoms with Crippen molar-refractivity contribution in [2.45, 2.75) is 12.5 Å². The lowest BCUT2D eigenvalue weighted by Crippen LogP contribution is -1.99. The van der Waals surface area contributed by atoms with Crippen molar-refractivity contribution in [2.24, 2.45) is 0 Å². The third-order valence-corrected chi connectivity index (χ3v) is 5.30. The maximum absolute atomic E-state index is 10.0. The van der Waals surface area contributed by atoms with E-state index in [2.05, 4.69) is 15.9 Å². The first kappa shape index (κ1) is 12.9. The van der Waals surface area contributed by atoms with Gasteiger partial charge < -0.3 is 5.11 Å². The lowest BCUT2D eigenvalue weighted by Gasteiger charge is -2.07. The summed E-state index contributed by atoms with van der Waals surface area (Å²) in [5.74, 6) is 0. The maximum Gasteiger partial charge on any atom is 0.100 e. The van der Waals surface area contributed by atoms with Crippen LogP contribution in [0.25, 0.3) is 0 Å². The van der Waals surface area contributed by atoms with Crippen molar-refractivity contribution >= 4 is 61.8 Å². The number of rotatable bonds is 3. The number of halogens is 3. The molecule has 1 N–H and O–H groups in total. The Morgan fingerprint density at radius 2 is 2.12 bits per heavy atom. The van der Waals surface area contributed by atoms with Crippen molar-refractivity contribution in [3.05, 3.63) is 41.1 Å². The van der Waals surface area contributed by atoms with Gasteiger partial charge in [-0.15, -0.1) is 22.7 Å². The van der Waals surface area contributed by atoms with Gasteiger partial charge in [0.2, 0.25) is 0 Å². The second kappa shape index (κ2) is 5.38. The Hall–Kier alpha value is 0.420. The molecule has 86 valence electrons. The first-order valence-electron chi connectivity index (χ1n) is 4.42. The molecule has 0 fully saturated rings. The van der Waals surface area contributed by atoms with Gasteiger partial charge in [0.25, 0.3) is 0 Å². The zero-order valence-corrected chi connectivity index (χ0v) is 12.6. The fourth-order valence-corrected chi connectivity index (χ4v) is 4.40. The van der Waals surface area contributed by atoms with Gasteiger partial charge in [-0.25, -0.2) is 0 Å². The van der Waals surface area contributed by atoms with Crippen LogP contribution >= 0.6 is 61.8 Å². The van der Waals surface area contributed by atoms with Crippen LogP contribution in [-0.4, -0.2) is 5.11 Å². The molecule has 0 saturated carbocycles. The molecule has 0 bridgehead atoms. The molecule has 6 heteroatoms. The van der Waals surface area contributed by atoms with E-state index < -0.39 is 6.10 Å². The molecule has 2 aromatic heterocycles. The highest BCUT2D eigenvalue weighted by atomic mass is 79.9. The molecule has 1 unspecified atom stereocenters. The molecule has 2 aromatic rings. The molecule has 16 heavy (non-hydrogen) atoms. The Labute approximate surface area is 120 Å². The summed E-state index contributed by atoms with van der Waals surface area (Å²) in [5.41, 5.74) is 0.709. The summed E-state index contributed by atoms with van der Waals surface area (Å²) in [4.78, 5) is 1.11. The van der Waals surface area contributed by atoms with Crippen molar-refractivity contribution in [3.8, 4) is 0 Å². The number of aliphatic hydroxyl groups excluding tert-OH is 1. The van der Waals surface area contributed by atoms with E-state index in [0.717, 1.165) is 9.35 Å². The van der Waals surface area contributed by atoms with Crippen LogP contribution in [0.1, 0.15) is 16.5 Å². The first-order chi connectivity index (χ1) is 7.56. The van der Waals surface area contributed by atoms with Crippen molar-refractivity contribution in [3.63, 3.8) is 0 Å². The van der Waals surface area contributed by atoms with E-state index in [0.29, 0.717) is 20.7 Å². The molecule has 2 rings (SSSR count). The van der Waals surface area contributed by atoms with Crippen LogP contribution in [0.4, 0.5) is 0 Å². The predicted octanol–water partition coefficient (Wildman–Crippen LogP) is 5.16. The Bertz CT molecular complexity index is 495. The zero-order valence-electron chi connectivity index (χ0n) is 7.91. The third-order valence-electron chi connectivity index (χ3n) is 2.06. The van der Waals surface area contributed by atoms with Gasteiger partial charge in [-0.2, -0.15) is 0 Å². The number of hydrogen-bond acceptors (Lipinski definition) is 3. The van der Waals surface area contributed by atoms with Gasteiger partial charge >= 0.3 is 0 Å². The standard InChI is InChI=1S/C10H7BrCl2OS2/c11-5-1-6(15-4-5)2-8(14)7-3-9(12)16-10(7)13/h1,3-4,8,14H,2H2. The summed E-state index contributed by atoms with van der Waals surface area (Å²) in [6.07, 6.45) is -0.0370. The van der Waals surface area contributed by atoms with Crippen LogP contribution < -0.4 is 0 Å². The average Bonchev–Trinajstić information content (AvgIpc) is 2.73. The molecule has 0 radical (unpaired) electrons. The smallest absolute Gasteiger partial charge is 0.100 e. The van der Waals surface area contributed by atoms with Gasteiger partial charge in [-0.1, -0.05) is 23.2 Å². The second-order valence-electron chi connectivity index (χ2n) is 3.23. The molecule has 1 nitrogen and oxygen atoms in total. The first-order valence-corrected chi connectivity index (χ1v) is 7.66. The summed E-state index contributed by atoms with van der Waals surface area (Å²) in [7, 11) is 0. The van der Waals surface area contributed by atoms with Gasteiger partial charge in [0, 0.05) is 26.7 Å². The van der Waals surface area contributed by atoms with E-state index in [9.17, 15) is 5.11 Å². The second-order valence-corrected chi connectivity index (χ2v) is 7.43. The Morgan fingerprint density at radius 3 is 2.62 bits per heavy atom. The minimum atomic E-state index is -0.596. The number of hydrogen-bond donors (Lipinski definition) is 1. The summed E-state index contributed by atoms with van der Waals surface area (Å²) in [5, 5.41) is 12.0. The molecule has 0 aromatic carbocycles. The van der Waals surface area contributed by atoms with E-state index >= 15 is 0 Å². The van der Waals surface area contributed by atoms with E-state index in [4.69, 9.17) is 23.2 Å². The fourth-order valence-electron chi connectivity index (χ4n) is 1.34. The van der Waals surface area contributed by atoms with Crippen LogP contribution in [0.2, 0.25) is 8.67 Å². The summed E-state index contributed by atoms with van der Waals surface area (Å²) in [6, 6.07) is 3.72. The fraction of sp³-hybridized carbons (Fsp3) is 0.200. The van der Waals surface area contributed by atoms with Crippen LogP contribution in [-0.2, 0) is 6.42 Å². The molecule has 2 heterocycles. The molecule has 0 aliphatic heterocycles. The highest BCUT2D eigenvalue weighted by Gasteiger charge is 2.16. The van der Waals surface area contributed by atoms with Crippen molar-refractivity contribution in [2.75, 3.05) is 0 Å². The summed E-state index contributed by atoms with van der Waals surface area (Å²) < 4.78 is 2.20. The molecule has 0 aliphatic carbocycles. The van der Waals surface area contributed by atoms with Crippen molar-refractivity contribution in [1.82, 2.24) is 0 Å². The van der Waals surface area contributed by atoms with Crippen LogP contribution in [0.5, 0.6) is 0 Å². The third kappa shape index (κ3) is 3.00. The largest absolute Gasteiger partial charge is 0.388 e. The van der Waals surface area contributed by atoms with Gasteiger partial charge in [0.1, 0.15) is 4.34 Å². The quantitative estimate of drug-likeness (QED) is 0.804. The van der Waals surface area contributed by atoms with Crippen molar-refractivity contribution in [1.29, 1.82) is 0 Å². The molecule has 1 atom stereocenters. The normalized spacial score (nSPS) is 13.0. The maximum atomic E-state index is 10.0. The Balaban J connectivity index is 2.14. The monoisotopic (exact) mass is 356 g/mol. The van der Waals surface area contributed by atoms with E-state index in [-0.39, 0.29) is 0 Å². The lowest BCUT2D eigenvalue weighted by molar-refractivity contribution is 0.180. The van der Waals surface area contributed by atoms with Gasteiger partial charge in [0.15, 0.2) is 0 Å². The minimum absolute atomic E-state index is 0.559. The predicted molar refractivity (Wildman–Crippen MR) is 75.0 cm³/mol. The molecular formula is C10H7BrCl2OS2. The summed E-state index contributed by atoms with van der Waals surface area (Å²) >= 11 is 18.1.